The Hall–Kier alpha value is -3.10. The summed E-state index contributed by atoms with van der Waals surface area (Å²) in [5.74, 6) is -2.78. The van der Waals surface area contributed by atoms with Gasteiger partial charge in [-0.05, 0) is 36.2 Å². The lowest BCUT2D eigenvalue weighted by Gasteiger charge is -2.08. The first kappa shape index (κ1) is 21.2. The van der Waals surface area contributed by atoms with Gasteiger partial charge < -0.3 is 15.4 Å². The lowest BCUT2D eigenvalue weighted by Crippen LogP contribution is -2.32. The average molecular weight is 398 g/mol. The molecule has 0 aromatic heterocycles. The molecular formula is C19H18F4N2O3. The summed E-state index contributed by atoms with van der Waals surface area (Å²) >= 11 is 0. The van der Waals surface area contributed by atoms with Gasteiger partial charge in [0, 0.05) is 25.6 Å². The number of alkyl halides is 2. The Morgan fingerprint density at radius 2 is 1.68 bits per heavy atom. The van der Waals surface area contributed by atoms with Crippen LogP contribution in [0.5, 0.6) is 5.75 Å². The molecule has 0 atom stereocenters. The minimum Gasteiger partial charge on any atom is -0.435 e. The SMILES string of the molecule is O=C(CCNC(=O)c1ccc(F)cc1F)NCCc1ccc(OC(F)F)cc1. The molecule has 0 saturated heterocycles. The average Bonchev–Trinajstić information content (AvgIpc) is 2.62. The number of benzene rings is 2. The highest BCUT2D eigenvalue weighted by atomic mass is 19.3. The number of carbonyl (C=O) groups excluding carboxylic acids is 2. The van der Waals surface area contributed by atoms with E-state index in [1.807, 2.05) is 0 Å². The summed E-state index contributed by atoms with van der Waals surface area (Å²) in [6.45, 7) is -2.58. The maximum absolute atomic E-state index is 13.5. The zero-order valence-corrected chi connectivity index (χ0v) is 14.7. The number of hydrogen-bond donors (Lipinski definition) is 2. The molecule has 2 N–H and O–H groups in total. The fourth-order valence-electron chi connectivity index (χ4n) is 2.33. The summed E-state index contributed by atoms with van der Waals surface area (Å²) in [7, 11) is 0. The molecule has 0 unspecified atom stereocenters. The van der Waals surface area contributed by atoms with Crippen LogP contribution in [0.25, 0.3) is 0 Å². The predicted molar refractivity (Wildman–Crippen MR) is 93.1 cm³/mol. The van der Waals surface area contributed by atoms with Crippen LogP contribution in [-0.4, -0.2) is 31.5 Å². The van der Waals surface area contributed by atoms with E-state index >= 15 is 0 Å². The van der Waals surface area contributed by atoms with Crippen molar-refractivity contribution in [1.29, 1.82) is 0 Å². The number of carbonyl (C=O) groups is 2. The normalized spacial score (nSPS) is 10.6. The molecule has 0 saturated carbocycles. The molecule has 0 radical (unpaired) electrons. The molecule has 0 aliphatic heterocycles. The molecule has 2 rings (SSSR count). The van der Waals surface area contributed by atoms with E-state index in [1.54, 1.807) is 12.1 Å². The topological polar surface area (TPSA) is 67.4 Å². The molecule has 150 valence electrons. The fourth-order valence-corrected chi connectivity index (χ4v) is 2.33. The second-order valence-corrected chi connectivity index (χ2v) is 5.75. The fraction of sp³-hybridized carbons (Fsp3) is 0.263. The van der Waals surface area contributed by atoms with Crippen LogP contribution < -0.4 is 15.4 Å². The van der Waals surface area contributed by atoms with Crippen LogP contribution in [-0.2, 0) is 11.2 Å². The van der Waals surface area contributed by atoms with E-state index in [4.69, 9.17) is 0 Å². The smallest absolute Gasteiger partial charge is 0.387 e. The summed E-state index contributed by atoms with van der Waals surface area (Å²) in [4.78, 5) is 23.5. The Kier molecular flexibility index (Phi) is 7.79. The third kappa shape index (κ3) is 6.90. The Morgan fingerprint density at radius 3 is 2.32 bits per heavy atom. The highest BCUT2D eigenvalue weighted by Crippen LogP contribution is 2.15. The molecule has 0 heterocycles. The molecule has 5 nitrogen and oxygen atoms in total. The van der Waals surface area contributed by atoms with Gasteiger partial charge in [-0.2, -0.15) is 8.78 Å². The van der Waals surface area contributed by atoms with Crippen molar-refractivity contribution in [2.24, 2.45) is 0 Å². The van der Waals surface area contributed by atoms with Gasteiger partial charge in [-0.1, -0.05) is 12.1 Å². The van der Waals surface area contributed by atoms with Crippen molar-refractivity contribution in [3.8, 4) is 5.75 Å². The van der Waals surface area contributed by atoms with Gasteiger partial charge in [0.2, 0.25) is 5.91 Å². The monoisotopic (exact) mass is 398 g/mol. The zero-order chi connectivity index (χ0) is 20.5. The molecule has 28 heavy (non-hydrogen) atoms. The van der Waals surface area contributed by atoms with Crippen LogP contribution in [0.2, 0.25) is 0 Å². The van der Waals surface area contributed by atoms with Crippen LogP contribution in [0.3, 0.4) is 0 Å². The van der Waals surface area contributed by atoms with E-state index in [1.165, 1.54) is 12.1 Å². The third-order valence-electron chi connectivity index (χ3n) is 3.70. The molecule has 0 fully saturated rings. The van der Waals surface area contributed by atoms with Crippen molar-refractivity contribution in [1.82, 2.24) is 10.6 Å². The van der Waals surface area contributed by atoms with Gasteiger partial charge in [-0.15, -0.1) is 0 Å². The molecule has 0 bridgehead atoms. The van der Waals surface area contributed by atoms with Crippen molar-refractivity contribution >= 4 is 11.8 Å². The lowest BCUT2D eigenvalue weighted by atomic mass is 10.1. The summed E-state index contributed by atoms with van der Waals surface area (Å²) in [5, 5.41) is 5.03. The van der Waals surface area contributed by atoms with Crippen molar-refractivity contribution in [3.63, 3.8) is 0 Å². The van der Waals surface area contributed by atoms with Gasteiger partial charge in [0.25, 0.3) is 5.91 Å². The molecule has 2 aromatic carbocycles. The van der Waals surface area contributed by atoms with Gasteiger partial charge in [0.05, 0.1) is 5.56 Å². The first-order chi connectivity index (χ1) is 13.3. The summed E-state index contributed by atoms with van der Waals surface area (Å²) < 4.78 is 54.7. The van der Waals surface area contributed by atoms with Crippen LogP contribution in [0.1, 0.15) is 22.3 Å². The Bertz CT molecular complexity index is 813. The van der Waals surface area contributed by atoms with E-state index in [0.717, 1.165) is 17.7 Å². The second kappa shape index (κ2) is 10.3. The molecule has 0 spiro atoms. The number of amides is 2. The van der Waals surface area contributed by atoms with E-state index < -0.39 is 24.2 Å². The van der Waals surface area contributed by atoms with Crippen LogP contribution in [0.4, 0.5) is 17.6 Å². The highest BCUT2D eigenvalue weighted by molar-refractivity contribution is 5.94. The Morgan fingerprint density at radius 1 is 0.964 bits per heavy atom. The lowest BCUT2D eigenvalue weighted by molar-refractivity contribution is -0.120. The van der Waals surface area contributed by atoms with Crippen LogP contribution >= 0.6 is 0 Å². The van der Waals surface area contributed by atoms with Crippen molar-refractivity contribution < 1.29 is 31.9 Å². The number of nitrogens with one attached hydrogen (secondary N) is 2. The highest BCUT2D eigenvalue weighted by Gasteiger charge is 2.12. The van der Waals surface area contributed by atoms with E-state index in [0.29, 0.717) is 19.0 Å². The minimum atomic E-state index is -2.88. The molecule has 2 aromatic rings. The Balaban J connectivity index is 1.66. The predicted octanol–water partition coefficient (Wildman–Crippen LogP) is 3.05. The Labute approximate surface area is 158 Å². The van der Waals surface area contributed by atoms with Gasteiger partial charge >= 0.3 is 6.61 Å². The molecular weight excluding hydrogens is 380 g/mol. The number of rotatable bonds is 9. The zero-order valence-electron chi connectivity index (χ0n) is 14.7. The first-order valence-electron chi connectivity index (χ1n) is 8.39. The van der Waals surface area contributed by atoms with Gasteiger partial charge in [-0.25, -0.2) is 8.78 Å². The van der Waals surface area contributed by atoms with E-state index in [-0.39, 0.29) is 30.2 Å². The van der Waals surface area contributed by atoms with Gasteiger partial charge in [0.15, 0.2) is 0 Å². The maximum atomic E-state index is 13.5. The number of halogens is 4. The molecule has 9 heteroatoms. The summed E-state index contributed by atoms with van der Waals surface area (Å²) in [5.41, 5.74) is 0.517. The maximum Gasteiger partial charge on any atom is 0.387 e. The van der Waals surface area contributed by atoms with Gasteiger partial charge in [0.1, 0.15) is 17.4 Å². The largest absolute Gasteiger partial charge is 0.435 e. The number of hydrogen-bond acceptors (Lipinski definition) is 3. The van der Waals surface area contributed by atoms with Crippen molar-refractivity contribution in [2.45, 2.75) is 19.5 Å². The van der Waals surface area contributed by atoms with Crippen molar-refractivity contribution in [3.05, 3.63) is 65.2 Å². The van der Waals surface area contributed by atoms with E-state index in [2.05, 4.69) is 15.4 Å². The van der Waals surface area contributed by atoms with Crippen LogP contribution in [0, 0.1) is 11.6 Å². The summed E-state index contributed by atoms with van der Waals surface area (Å²) in [6.07, 6.45) is 0.462. The standard InChI is InChI=1S/C19H18F4N2O3/c20-13-3-6-15(16(21)11-13)18(27)25-10-8-17(26)24-9-7-12-1-4-14(5-2-12)28-19(22)23/h1-6,11,19H,7-10H2,(H,24,26)(H,25,27). The van der Waals surface area contributed by atoms with Gasteiger partial charge in [-0.3, -0.25) is 9.59 Å². The van der Waals surface area contributed by atoms with Crippen LogP contribution in [0.15, 0.2) is 42.5 Å². The summed E-state index contributed by atoms with van der Waals surface area (Å²) in [6, 6.07) is 8.64. The molecule has 0 aliphatic rings. The minimum absolute atomic E-state index is 0.0128. The second-order valence-electron chi connectivity index (χ2n) is 5.75. The third-order valence-corrected chi connectivity index (χ3v) is 3.70. The first-order valence-corrected chi connectivity index (χ1v) is 8.39. The molecule has 2 amide bonds. The van der Waals surface area contributed by atoms with Crippen molar-refractivity contribution in [2.75, 3.05) is 13.1 Å². The van der Waals surface area contributed by atoms with E-state index in [9.17, 15) is 27.2 Å². The molecule has 0 aliphatic carbocycles. The quantitative estimate of drug-likeness (QED) is 0.638. The number of ether oxygens (including phenoxy) is 1.